The molecule has 0 aromatic rings. The lowest BCUT2D eigenvalue weighted by molar-refractivity contribution is -0.126. The molecule has 0 aromatic heterocycles. The van der Waals surface area contributed by atoms with Crippen LogP contribution in [-0.2, 0) is 52.0 Å². The third kappa shape index (κ3) is 26.2. The monoisotopic (exact) mass is 819 g/mol. The number of rotatable bonds is 32. The summed E-state index contributed by atoms with van der Waals surface area (Å²) in [5.41, 5.74) is 7.91. The first-order valence-electron chi connectivity index (χ1n) is 17.3. The van der Waals surface area contributed by atoms with Crippen LogP contribution in [0.1, 0.15) is 59.3 Å². The van der Waals surface area contributed by atoms with Crippen LogP contribution >= 0.6 is 15.0 Å². The molecule has 3 unspecified atom stereocenters. The van der Waals surface area contributed by atoms with Crippen molar-refractivity contribution in [3.8, 4) is 0 Å². The van der Waals surface area contributed by atoms with Gasteiger partial charge in [0.2, 0.25) is 36.1 Å². The molecule has 0 rings (SSSR count). The van der Waals surface area contributed by atoms with Gasteiger partial charge < -0.3 is 64.7 Å². The number of nitrogens with zero attached hydrogens (tertiary/aromatic N) is 3. The van der Waals surface area contributed by atoms with Crippen LogP contribution in [0.5, 0.6) is 0 Å². The summed E-state index contributed by atoms with van der Waals surface area (Å²) in [5, 5.41) is 21.1. The summed E-state index contributed by atoms with van der Waals surface area (Å²) < 4.78 is 50.4. The molecule has 0 aliphatic rings. The number of nitrogens with one attached hydrogen (secondary N) is 4. The maximum absolute atomic E-state index is 12.4. The Morgan fingerprint density at radius 2 is 1.20 bits per heavy atom. The Kier molecular flexibility index (Phi) is 26.4. The summed E-state index contributed by atoms with van der Waals surface area (Å²) in [6.07, 6.45) is -0.636. The van der Waals surface area contributed by atoms with Crippen LogP contribution in [0, 0.1) is 0 Å². The average molecular weight is 820 g/mol. The van der Waals surface area contributed by atoms with Crippen molar-refractivity contribution < 1.29 is 71.8 Å². The first kappa shape index (κ1) is 51.3. The zero-order valence-electron chi connectivity index (χ0n) is 31.5. The summed E-state index contributed by atoms with van der Waals surface area (Å²) in [5.74, 6) is -1.21. The van der Waals surface area contributed by atoms with E-state index in [1.165, 1.54) is 0 Å². The molecule has 54 heavy (non-hydrogen) atoms. The third-order valence-electron chi connectivity index (χ3n) is 6.89. The van der Waals surface area contributed by atoms with E-state index in [9.17, 15) is 48.1 Å². The number of carbonyl (C=O) groups is 4. The summed E-state index contributed by atoms with van der Waals surface area (Å²) >= 11 is 0. The number of azide groups is 1. The van der Waals surface area contributed by atoms with Gasteiger partial charge in [-0.2, -0.15) is 0 Å². The predicted octanol–water partition coefficient (Wildman–Crippen LogP) is 0.0762. The molecule has 0 bridgehead atoms. The Labute approximate surface area is 315 Å². The molecule has 3 atom stereocenters. The predicted molar refractivity (Wildman–Crippen MR) is 194 cm³/mol. The lowest BCUT2D eigenvalue weighted by Gasteiger charge is -2.30. The van der Waals surface area contributed by atoms with Gasteiger partial charge in [-0.25, -0.2) is 0 Å². The van der Waals surface area contributed by atoms with Crippen LogP contribution in [0.25, 0.3) is 10.4 Å². The fourth-order valence-corrected chi connectivity index (χ4v) is 7.14. The molecule has 0 radical (unpaired) electrons. The van der Waals surface area contributed by atoms with Gasteiger partial charge in [0.1, 0.15) is 0 Å². The molecule has 0 saturated heterocycles. The topological polar surface area (TPSA) is 326 Å². The summed E-state index contributed by atoms with van der Waals surface area (Å²) in [4.78, 5) is 79.2. The fraction of sp³-hybridized carbons (Fsp3) is 0.867. The average Bonchev–Trinajstić information content (AvgIpc) is 3.05. The van der Waals surface area contributed by atoms with E-state index in [2.05, 4.69) is 31.3 Å². The van der Waals surface area contributed by atoms with Crippen molar-refractivity contribution in [2.24, 2.45) is 5.11 Å². The third-order valence-corrected chi connectivity index (χ3v) is 11.5. The fourth-order valence-electron chi connectivity index (χ4n) is 4.18. The number of ether oxygens (including phenoxy) is 5. The number of hydrogen-bond donors (Lipinski definition) is 8. The van der Waals surface area contributed by atoms with E-state index >= 15 is 0 Å². The van der Waals surface area contributed by atoms with Crippen molar-refractivity contribution in [3.05, 3.63) is 10.4 Å². The molecule has 0 saturated carbocycles. The van der Waals surface area contributed by atoms with Gasteiger partial charge in [0.25, 0.3) is 0 Å². The van der Waals surface area contributed by atoms with Crippen molar-refractivity contribution in [2.45, 2.75) is 76.0 Å². The number of hydrogen-bond acceptors (Lipinski definition) is 13. The SMILES string of the molecule is CC(C)(C)NC(=O)CCOCC(COCCC(=O)NCCOCCOCCC(=O)NCCCC(O)(P(C)(=O)O)P(=O)(O)O)NC(=O)CCOCCN=[N+]=[N-]. The largest absolute Gasteiger partial charge is 0.381 e. The van der Waals surface area contributed by atoms with Crippen LogP contribution in [-0.4, -0.2) is 152 Å². The highest BCUT2D eigenvalue weighted by Crippen LogP contribution is 2.69. The van der Waals surface area contributed by atoms with Gasteiger partial charge in [-0.15, -0.1) is 0 Å². The lowest BCUT2D eigenvalue weighted by Crippen LogP contribution is -2.43. The van der Waals surface area contributed by atoms with Gasteiger partial charge in [-0.3, -0.25) is 28.3 Å². The molecule has 24 heteroatoms. The van der Waals surface area contributed by atoms with Gasteiger partial charge in [-0.05, 0) is 39.1 Å². The van der Waals surface area contributed by atoms with E-state index in [-0.39, 0.29) is 141 Å². The molecule has 0 fully saturated rings. The van der Waals surface area contributed by atoms with Crippen molar-refractivity contribution >= 4 is 38.6 Å². The molecular formula is C30H59N7O15P2. The van der Waals surface area contributed by atoms with Crippen molar-refractivity contribution in [1.29, 1.82) is 0 Å². The highest BCUT2D eigenvalue weighted by Gasteiger charge is 2.56. The van der Waals surface area contributed by atoms with E-state index in [0.29, 0.717) is 6.66 Å². The second kappa shape index (κ2) is 27.8. The molecule has 22 nitrogen and oxygen atoms in total. The zero-order valence-corrected chi connectivity index (χ0v) is 33.3. The maximum Gasteiger partial charge on any atom is 0.366 e. The Morgan fingerprint density at radius 3 is 1.72 bits per heavy atom. The molecule has 4 amide bonds. The highest BCUT2D eigenvalue weighted by molar-refractivity contribution is 7.74. The molecule has 8 N–H and O–H groups in total. The van der Waals surface area contributed by atoms with Crippen molar-refractivity contribution in [3.63, 3.8) is 0 Å². The summed E-state index contributed by atoms with van der Waals surface area (Å²) in [7, 11) is -9.85. The molecule has 0 aromatic carbocycles. The number of aliphatic hydroxyl groups is 1. The molecule has 314 valence electrons. The molecular weight excluding hydrogens is 760 g/mol. The number of carbonyl (C=O) groups excluding carboxylic acids is 4. The Morgan fingerprint density at radius 1 is 0.722 bits per heavy atom. The maximum atomic E-state index is 12.4. The quantitative estimate of drug-likeness (QED) is 0.0146. The van der Waals surface area contributed by atoms with Crippen LogP contribution in [0.4, 0.5) is 0 Å². The van der Waals surface area contributed by atoms with E-state index < -0.39 is 38.4 Å². The Bertz CT molecular complexity index is 1250. The molecule has 0 aliphatic heterocycles. The lowest BCUT2D eigenvalue weighted by atomic mass is 10.1. The van der Waals surface area contributed by atoms with Gasteiger partial charge in [0, 0.05) is 62.4 Å². The van der Waals surface area contributed by atoms with Crippen LogP contribution in [0.15, 0.2) is 5.11 Å². The van der Waals surface area contributed by atoms with Crippen molar-refractivity contribution in [1.82, 2.24) is 21.3 Å². The minimum atomic E-state index is -5.30. The van der Waals surface area contributed by atoms with Crippen LogP contribution in [0.3, 0.4) is 0 Å². The smallest absolute Gasteiger partial charge is 0.366 e. The van der Waals surface area contributed by atoms with E-state index in [0.717, 1.165) is 0 Å². The summed E-state index contributed by atoms with van der Waals surface area (Å²) in [6.45, 7) is 7.78. The summed E-state index contributed by atoms with van der Waals surface area (Å²) in [6, 6.07) is -0.554. The van der Waals surface area contributed by atoms with Gasteiger partial charge >= 0.3 is 7.60 Å². The zero-order chi connectivity index (χ0) is 41.1. The van der Waals surface area contributed by atoms with E-state index in [1.54, 1.807) is 0 Å². The first-order chi connectivity index (χ1) is 25.2. The van der Waals surface area contributed by atoms with Gasteiger partial charge in [0.15, 0.2) is 0 Å². The standard InChI is InChI=1S/C30H59N7O15P2/c1-29(2,3)36-28(41)9-17-52-23-24(35-27(40)8-15-48-19-13-34-37-31)22-51-16-7-26(39)33-12-18-50-21-20-49-14-6-25(38)32-11-5-10-30(42,53(4,43)44)54(45,46)47/h24,42H,5-23H2,1-4H3,(H,32,38)(H,33,39)(H,35,40)(H,36,41)(H,43,44)(H2,45,46,47). The highest BCUT2D eigenvalue weighted by atomic mass is 31.2. The van der Waals surface area contributed by atoms with E-state index in [1.807, 2.05) is 20.8 Å². The van der Waals surface area contributed by atoms with Crippen molar-refractivity contribution in [2.75, 3.05) is 92.4 Å². The molecule has 0 aliphatic carbocycles. The second-order valence-electron chi connectivity index (χ2n) is 13.0. The first-order valence-corrected chi connectivity index (χ1v) is 21.1. The molecule has 0 spiro atoms. The van der Waals surface area contributed by atoms with Crippen LogP contribution < -0.4 is 21.3 Å². The Balaban J connectivity index is 4.22. The van der Waals surface area contributed by atoms with E-state index in [4.69, 9.17) is 29.2 Å². The number of amides is 4. The normalized spacial score (nSPS) is 14.5. The minimum absolute atomic E-state index is 0.0279. The van der Waals surface area contributed by atoms with Gasteiger partial charge in [0.05, 0.1) is 72.1 Å². The van der Waals surface area contributed by atoms with Gasteiger partial charge in [-0.1, -0.05) is 5.11 Å². The minimum Gasteiger partial charge on any atom is -0.381 e. The molecule has 0 heterocycles. The Hall–Kier alpha value is -2.71. The second-order valence-corrected chi connectivity index (χ2v) is 17.7. The van der Waals surface area contributed by atoms with Crippen LogP contribution in [0.2, 0.25) is 0 Å².